The standard InChI is InChI=1S/C5H8O2.2C4H6O2.C3H4O2/c1-3-4(2)5(6)7;1-3-6-4(2)5;1-3(2)4(5)6;1-2-3(4)5/h2-3H2,1H3,(H,6,7);3H,1H2,2H3;1H2,2H3,(H,5,6);2H,1H2,(H,4,5). The fourth-order valence-corrected chi connectivity index (χ4v) is 0.269. The van der Waals surface area contributed by atoms with Crippen LogP contribution in [0.5, 0.6) is 0 Å². The number of rotatable bonds is 5. The summed E-state index contributed by atoms with van der Waals surface area (Å²) >= 11 is 0. The Labute approximate surface area is 141 Å². The molecule has 8 heteroatoms. The quantitative estimate of drug-likeness (QED) is 0.393. The van der Waals surface area contributed by atoms with Crippen LogP contribution in [0.25, 0.3) is 0 Å². The summed E-state index contributed by atoms with van der Waals surface area (Å²) in [6, 6.07) is 0. The van der Waals surface area contributed by atoms with Crippen molar-refractivity contribution in [3.63, 3.8) is 0 Å². The summed E-state index contributed by atoms with van der Waals surface area (Å²) in [5.74, 6) is -3.15. The number of hydrogen-bond donors (Lipinski definition) is 3. The third-order valence-electron chi connectivity index (χ3n) is 1.52. The van der Waals surface area contributed by atoms with Crippen molar-refractivity contribution in [3.8, 4) is 0 Å². The molecule has 0 bridgehead atoms. The van der Waals surface area contributed by atoms with Crippen molar-refractivity contribution in [1.29, 1.82) is 0 Å². The number of carboxylic acid groups (broad SMARTS) is 3. The SMILES string of the molecule is C=C(C)C(=O)O.C=C(CC)C(=O)O.C=CC(=O)O.C=COC(C)=O. The highest BCUT2D eigenvalue weighted by atomic mass is 16.5. The Balaban J connectivity index is -0.000000112. The maximum Gasteiger partial charge on any atom is 0.330 e. The summed E-state index contributed by atoms with van der Waals surface area (Å²) in [6.07, 6.45) is 2.46. The predicted octanol–water partition coefficient (Wildman–Crippen LogP) is 2.63. The van der Waals surface area contributed by atoms with Crippen LogP contribution in [-0.2, 0) is 23.9 Å². The minimum absolute atomic E-state index is 0.176. The maximum absolute atomic E-state index is 9.83. The van der Waals surface area contributed by atoms with Gasteiger partial charge in [0, 0.05) is 24.1 Å². The van der Waals surface area contributed by atoms with Crippen LogP contribution < -0.4 is 0 Å². The second kappa shape index (κ2) is 19.8. The number of carbonyl (C=O) groups excluding carboxylic acids is 1. The molecule has 0 aliphatic carbocycles. The molecular formula is C16H24O8. The number of aliphatic carboxylic acids is 3. The van der Waals surface area contributed by atoms with E-state index >= 15 is 0 Å². The van der Waals surface area contributed by atoms with Crippen LogP contribution in [0.4, 0.5) is 0 Å². The van der Waals surface area contributed by atoms with E-state index in [1.165, 1.54) is 13.8 Å². The van der Waals surface area contributed by atoms with Gasteiger partial charge in [-0.1, -0.05) is 33.2 Å². The van der Waals surface area contributed by atoms with E-state index in [4.69, 9.17) is 15.3 Å². The van der Waals surface area contributed by atoms with Crippen molar-refractivity contribution in [2.75, 3.05) is 0 Å². The lowest BCUT2D eigenvalue weighted by Gasteiger charge is -1.87. The molecule has 0 aromatic heterocycles. The minimum atomic E-state index is -0.981. The largest absolute Gasteiger partial charge is 0.478 e. The van der Waals surface area contributed by atoms with E-state index < -0.39 is 17.9 Å². The average molecular weight is 344 g/mol. The number of carboxylic acids is 3. The molecule has 0 saturated heterocycles. The van der Waals surface area contributed by atoms with E-state index in [1.807, 2.05) is 0 Å². The van der Waals surface area contributed by atoms with Gasteiger partial charge >= 0.3 is 23.9 Å². The highest BCUT2D eigenvalue weighted by Gasteiger charge is 1.96. The molecule has 0 amide bonds. The third-order valence-corrected chi connectivity index (χ3v) is 1.52. The molecule has 0 unspecified atom stereocenters. The molecule has 0 radical (unpaired) electrons. The highest BCUT2D eigenvalue weighted by molar-refractivity contribution is 5.85. The van der Waals surface area contributed by atoms with Crippen molar-refractivity contribution in [2.45, 2.75) is 27.2 Å². The predicted molar refractivity (Wildman–Crippen MR) is 89.3 cm³/mol. The van der Waals surface area contributed by atoms with Crippen LogP contribution in [0, 0.1) is 0 Å². The van der Waals surface area contributed by atoms with Gasteiger partial charge in [-0.3, -0.25) is 4.79 Å². The fraction of sp³-hybridized carbons (Fsp3) is 0.250. The molecule has 0 spiro atoms. The monoisotopic (exact) mass is 344 g/mol. The lowest BCUT2D eigenvalue weighted by atomic mass is 10.2. The van der Waals surface area contributed by atoms with Gasteiger partial charge in [0.25, 0.3) is 0 Å². The maximum atomic E-state index is 9.83. The number of hydrogen-bond acceptors (Lipinski definition) is 5. The lowest BCUT2D eigenvalue weighted by Crippen LogP contribution is -1.95. The van der Waals surface area contributed by atoms with Gasteiger partial charge in [-0.05, 0) is 13.3 Å². The number of esters is 1. The van der Waals surface area contributed by atoms with E-state index in [2.05, 4.69) is 31.1 Å². The van der Waals surface area contributed by atoms with Crippen LogP contribution in [0.3, 0.4) is 0 Å². The Morgan fingerprint density at radius 3 is 1.29 bits per heavy atom. The van der Waals surface area contributed by atoms with E-state index in [0.717, 1.165) is 12.3 Å². The average Bonchev–Trinajstić information content (AvgIpc) is 2.47. The summed E-state index contributed by atoms with van der Waals surface area (Å²) in [5.41, 5.74) is 0.440. The van der Waals surface area contributed by atoms with E-state index in [-0.39, 0.29) is 17.1 Å². The second-order valence-electron chi connectivity index (χ2n) is 3.67. The fourth-order valence-electron chi connectivity index (χ4n) is 0.269. The van der Waals surface area contributed by atoms with Crippen LogP contribution in [0.15, 0.2) is 49.8 Å². The summed E-state index contributed by atoms with van der Waals surface area (Å²) in [5, 5.41) is 23.6. The van der Waals surface area contributed by atoms with Gasteiger partial charge < -0.3 is 20.1 Å². The van der Waals surface area contributed by atoms with E-state index in [9.17, 15) is 19.2 Å². The first-order chi connectivity index (χ1) is 10.9. The molecule has 3 N–H and O–H groups in total. The molecule has 0 aromatic rings. The van der Waals surface area contributed by atoms with E-state index in [0.29, 0.717) is 6.42 Å². The number of carbonyl (C=O) groups is 4. The molecule has 8 nitrogen and oxygen atoms in total. The number of ether oxygens (including phenoxy) is 1. The van der Waals surface area contributed by atoms with Gasteiger partial charge in [0.1, 0.15) is 0 Å². The van der Waals surface area contributed by atoms with Crippen LogP contribution in [0.2, 0.25) is 0 Å². The Bertz CT molecular complexity index is 462. The first kappa shape index (κ1) is 28.9. The van der Waals surface area contributed by atoms with Gasteiger partial charge in [-0.15, -0.1) is 0 Å². The molecule has 0 aliphatic rings. The molecule has 0 saturated carbocycles. The molecule has 0 heterocycles. The Hall–Kier alpha value is -3.16. The zero-order valence-corrected chi connectivity index (χ0v) is 14.1. The normalized spacial score (nSPS) is 7.29. The van der Waals surface area contributed by atoms with Gasteiger partial charge in [-0.25, -0.2) is 14.4 Å². The highest BCUT2D eigenvalue weighted by Crippen LogP contribution is 1.93. The van der Waals surface area contributed by atoms with Crippen LogP contribution >= 0.6 is 0 Å². The summed E-state index contributed by atoms with van der Waals surface area (Å²) in [4.78, 5) is 38.4. The second-order valence-corrected chi connectivity index (χ2v) is 3.67. The van der Waals surface area contributed by atoms with Gasteiger partial charge in [0.05, 0.1) is 6.26 Å². The van der Waals surface area contributed by atoms with E-state index in [1.54, 1.807) is 6.92 Å². The molecule has 136 valence electrons. The smallest absolute Gasteiger partial charge is 0.330 e. The van der Waals surface area contributed by atoms with Gasteiger partial charge in [-0.2, -0.15) is 0 Å². The molecule has 0 aliphatic heterocycles. The molecule has 0 rings (SSSR count). The Kier molecular flexibility index (Phi) is 23.9. The van der Waals surface area contributed by atoms with Gasteiger partial charge in [0.15, 0.2) is 0 Å². The Morgan fingerprint density at radius 2 is 1.29 bits per heavy atom. The molecule has 24 heavy (non-hydrogen) atoms. The first-order valence-electron chi connectivity index (χ1n) is 6.30. The van der Waals surface area contributed by atoms with Crippen molar-refractivity contribution >= 4 is 23.9 Å². The van der Waals surface area contributed by atoms with Crippen molar-refractivity contribution in [1.82, 2.24) is 0 Å². The summed E-state index contributed by atoms with van der Waals surface area (Å²) < 4.78 is 4.17. The van der Waals surface area contributed by atoms with Crippen molar-refractivity contribution in [2.24, 2.45) is 0 Å². The summed E-state index contributed by atoms with van der Waals surface area (Å²) in [7, 11) is 0. The zero-order valence-electron chi connectivity index (χ0n) is 14.1. The van der Waals surface area contributed by atoms with Crippen molar-refractivity contribution < 1.29 is 39.2 Å². The zero-order chi connectivity index (χ0) is 20.3. The van der Waals surface area contributed by atoms with Crippen LogP contribution in [0.1, 0.15) is 27.2 Å². The van der Waals surface area contributed by atoms with Crippen molar-refractivity contribution in [3.05, 3.63) is 49.8 Å². The molecule has 0 atom stereocenters. The summed E-state index contributed by atoms with van der Waals surface area (Å²) in [6.45, 7) is 17.1. The van der Waals surface area contributed by atoms with Gasteiger partial charge in [0.2, 0.25) is 0 Å². The van der Waals surface area contributed by atoms with Crippen LogP contribution in [-0.4, -0.2) is 39.2 Å². The minimum Gasteiger partial charge on any atom is -0.478 e. The molecule has 0 aromatic carbocycles. The Morgan fingerprint density at radius 1 is 0.958 bits per heavy atom. The third kappa shape index (κ3) is 42.8. The lowest BCUT2D eigenvalue weighted by molar-refractivity contribution is -0.135. The molecular weight excluding hydrogens is 320 g/mol. The topological polar surface area (TPSA) is 138 Å². The first-order valence-corrected chi connectivity index (χ1v) is 6.30. The molecule has 0 fully saturated rings.